The minimum absolute atomic E-state index is 0.350. The summed E-state index contributed by atoms with van der Waals surface area (Å²) in [5.41, 5.74) is 0.921. The van der Waals surface area contributed by atoms with E-state index in [1.807, 2.05) is 61.5 Å². The predicted molar refractivity (Wildman–Crippen MR) is 130 cm³/mol. The maximum Gasteiger partial charge on any atom is 0.191 e. The van der Waals surface area contributed by atoms with Gasteiger partial charge in [-0.2, -0.15) is 0 Å². The van der Waals surface area contributed by atoms with Crippen LogP contribution in [0.5, 0.6) is 5.75 Å². The summed E-state index contributed by atoms with van der Waals surface area (Å²) < 4.78 is 11.0. The molecule has 0 saturated carbocycles. The van der Waals surface area contributed by atoms with Crippen LogP contribution in [0, 0.1) is 0 Å². The fourth-order valence-corrected chi connectivity index (χ4v) is 3.08. The van der Waals surface area contributed by atoms with Crippen LogP contribution in [0.15, 0.2) is 59.6 Å². The highest BCUT2D eigenvalue weighted by atomic mass is 16.5. The zero-order valence-electron chi connectivity index (χ0n) is 19.8. The van der Waals surface area contributed by atoms with E-state index >= 15 is 0 Å². The van der Waals surface area contributed by atoms with E-state index in [-0.39, 0.29) is 0 Å². The number of likely N-dealkylation sites (N-methyl/N-ethyl adjacent to an activating group) is 1. The second kappa shape index (κ2) is 13.7. The Balaban J connectivity index is 1.90. The molecule has 1 unspecified atom stereocenters. The van der Waals surface area contributed by atoms with Gasteiger partial charge in [0, 0.05) is 26.7 Å². The van der Waals surface area contributed by atoms with E-state index in [4.69, 9.17) is 9.47 Å². The van der Waals surface area contributed by atoms with Crippen LogP contribution in [0.3, 0.4) is 0 Å². The first kappa shape index (κ1) is 25.6. The summed E-state index contributed by atoms with van der Waals surface area (Å²) in [4.78, 5) is 6.85. The quantitative estimate of drug-likeness (QED) is 0.327. The molecule has 0 saturated heterocycles. The highest BCUT2D eigenvalue weighted by molar-refractivity contribution is 5.79. The van der Waals surface area contributed by atoms with Gasteiger partial charge >= 0.3 is 0 Å². The number of rotatable bonds is 13. The molecule has 0 amide bonds. The molecule has 7 heteroatoms. The number of aliphatic hydroxyl groups is 1. The Hall–Kier alpha value is -2.61. The average molecular weight is 443 g/mol. The minimum Gasteiger partial charge on any atom is -0.492 e. The SMILES string of the molecule is CCNC(=NCc1cccc(OCCN(C)CCOC)c1)NCC(C)(O)c1ccccc1. The minimum atomic E-state index is -0.998. The molecular weight excluding hydrogens is 404 g/mol. The Morgan fingerprint density at radius 1 is 1.06 bits per heavy atom. The van der Waals surface area contributed by atoms with Gasteiger partial charge in [-0.3, -0.25) is 0 Å². The molecule has 32 heavy (non-hydrogen) atoms. The highest BCUT2D eigenvalue weighted by Crippen LogP contribution is 2.19. The van der Waals surface area contributed by atoms with Gasteiger partial charge in [-0.1, -0.05) is 42.5 Å². The van der Waals surface area contributed by atoms with E-state index < -0.39 is 5.60 Å². The van der Waals surface area contributed by atoms with Gasteiger partial charge in [0.25, 0.3) is 0 Å². The summed E-state index contributed by atoms with van der Waals surface area (Å²) in [6, 6.07) is 17.6. The zero-order valence-corrected chi connectivity index (χ0v) is 19.8. The largest absolute Gasteiger partial charge is 0.492 e. The van der Waals surface area contributed by atoms with Crippen molar-refractivity contribution in [1.82, 2.24) is 15.5 Å². The molecule has 0 heterocycles. The molecular formula is C25H38N4O3. The summed E-state index contributed by atoms with van der Waals surface area (Å²) in [5.74, 6) is 1.50. The van der Waals surface area contributed by atoms with Gasteiger partial charge in [0.2, 0.25) is 0 Å². The van der Waals surface area contributed by atoms with Crippen LogP contribution < -0.4 is 15.4 Å². The first-order valence-electron chi connectivity index (χ1n) is 11.1. The van der Waals surface area contributed by atoms with E-state index in [0.717, 1.165) is 36.5 Å². The lowest BCUT2D eigenvalue weighted by atomic mass is 9.96. The molecule has 3 N–H and O–H groups in total. The summed E-state index contributed by atoms with van der Waals surface area (Å²) >= 11 is 0. The van der Waals surface area contributed by atoms with Crippen molar-refractivity contribution in [3.63, 3.8) is 0 Å². The lowest BCUT2D eigenvalue weighted by molar-refractivity contribution is 0.0617. The van der Waals surface area contributed by atoms with Gasteiger partial charge in [-0.05, 0) is 44.2 Å². The Labute approximate surface area is 192 Å². The summed E-state index contributed by atoms with van der Waals surface area (Å²) in [7, 11) is 3.76. The highest BCUT2D eigenvalue weighted by Gasteiger charge is 2.22. The van der Waals surface area contributed by atoms with Gasteiger partial charge in [0.05, 0.1) is 19.7 Å². The van der Waals surface area contributed by atoms with Gasteiger partial charge in [-0.25, -0.2) is 4.99 Å². The smallest absolute Gasteiger partial charge is 0.191 e. The molecule has 0 aliphatic carbocycles. The molecule has 0 fully saturated rings. The number of nitrogens with zero attached hydrogens (tertiary/aromatic N) is 2. The van der Waals surface area contributed by atoms with Gasteiger partial charge < -0.3 is 30.1 Å². The van der Waals surface area contributed by atoms with Crippen LogP contribution in [0.4, 0.5) is 0 Å². The third kappa shape index (κ3) is 9.26. The summed E-state index contributed by atoms with van der Waals surface area (Å²) in [6.45, 7) is 8.46. The maximum atomic E-state index is 10.8. The third-order valence-electron chi connectivity index (χ3n) is 5.08. The fraction of sp³-hybridized carbons (Fsp3) is 0.480. The molecule has 0 bridgehead atoms. The van der Waals surface area contributed by atoms with Crippen molar-refractivity contribution in [1.29, 1.82) is 0 Å². The van der Waals surface area contributed by atoms with Crippen LogP contribution in [0.25, 0.3) is 0 Å². The number of benzene rings is 2. The maximum absolute atomic E-state index is 10.8. The van der Waals surface area contributed by atoms with E-state index in [1.165, 1.54) is 0 Å². The molecule has 0 radical (unpaired) electrons. The molecule has 1 atom stereocenters. The molecule has 0 spiro atoms. The summed E-state index contributed by atoms with van der Waals surface area (Å²) in [5, 5.41) is 17.3. The average Bonchev–Trinajstić information content (AvgIpc) is 2.80. The van der Waals surface area contributed by atoms with Crippen molar-refractivity contribution in [3.05, 3.63) is 65.7 Å². The Kier molecular flexibility index (Phi) is 11.0. The number of aliphatic imine (C=N–C) groups is 1. The van der Waals surface area contributed by atoms with E-state index in [9.17, 15) is 5.11 Å². The molecule has 2 aromatic carbocycles. The molecule has 0 aliphatic heterocycles. The number of hydrogen-bond acceptors (Lipinski definition) is 5. The monoisotopic (exact) mass is 442 g/mol. The van der Waals surface area contributed by atoms with Gasteiger partial charge in [-0.15, -0.1) is 0 Å². The lowest BCUT2D eigenvalue weighted by Gasteiger charge is -2.25. The van der Waals surface area contributed by atoms with Crippen molar-refractivity contribution in [3.8, 4) is 5.75 Å². The van der Waals surface area contributed by atoms with Crippen LogP contribution in [-0.4, -0.2) is 69.5 Å². The van der Waals surface area contributed by atoms with Gasteiger partial charge in [0.1, 0.15) is 18.0 Å². The van der Waals surface area contributed by atoms with E-state index in [1.54, 1.807) is 14.0 Å². The molecule has 2 aromatic rings. The number of methoxy groups -OCH3 is 1. The number of ether oxygens (including phenoxy) is 2. The Morgan fingerprint density at radius 2 is 1.81 bits per heavy atom. The standard InChI is InChI=1S/C25H38N4O3/c1-5-26-24(28-20-25(2,30)22-11-7-6-8-12-22)27-19-21-10-9-13-23(18-21)32-17-15-29(3)14-16-31-4/h6-13,18,30H,5,14-17,19-20H2,1-4H3,(H2,26,27,28). The summed E-state index contributed by atoms with van der Waals surface area (Å²) in [6.07, 6.45) is 0. The van der Waals surface area contributed by atoms with E-state index in [2.05, 4.69) is 27.6 Å². The van der Waals surface area contributed by atoms with E-state index in [0.29, 0.717) is 32.3 Å². The van der Waals surface area contributed by atoms with Crippen molar-refractivity contribution in [2.24, 2.45) is 4.99 Å². The van der Waals surface area contributed by atoms with Crippen molar-refractivity contribution >= 4 is 5.96 Å². The molecule has 0 aliphatic rings. The third-order valence-corrected chi connectivity index (χ3v) is 5.08. The van der Waals surface area contributed by atoms with Crippen LogP contribution >= 0.6 is 0 Å². The second-order valence-electron chi connectivity index (χ2n) is 7.98. The lowest BCUT2D eigenvalue weighted by Crippen LogP contribution is -2.44. The number of nitrogens with one attached hydrogen (secondary N) is 2. The molecule has 176 valence electrons. The van der Waals surface area contributed by atoms with Gasteiger partial charge in [0.15, 0.2) is 5.96 Å². The Morgan fingerprint density at radius 3 is 2.53 bits per heavy atom. The first-order valence-corrected chi connectivity index (χ1v) is 11.1. The van der Waals surface area contributed by atoms with Crippen LogP contribution in [-0.2, 0) is 16.9 Å². The first-order chi connectivity index (χ1) is 15.4. The predicted octanol–water partition coefficient (Wildman–Crippen LogP) is 2.61. The van der Waals surface area contributed by atoms with Crippen molar-refractivity contribution in [2.45, 2.75) is 26.0 Å². The normalized spacial score (nSPS) is 13.6. The topological polar surface area (TPSA) is 78.4 Å². The fourth-order valence-electron chi connectivity index (χ4n) is 3.08. The van der Waals surface area contributed by atoms with Crippen molar-refractivity contribution < 1.29 is 14.6 Å². The Bertz CT molecular complexity index is 812. The molecule has 2 rings (SSSR count). The second-order valence-corrected chi connectivity index (χ2v) is 7.98. The number of hydrogen-bond donors (Lipinski definition) is 3. The number of guanidine groups is 1. The molecule has 0 aromatic heterocycles. The van der Waals surface area contributed by atoms with Crippen LogP contribution in [0.2, 0.25) is 0 Å². The van der Waals surface area contributed by atoms with Crippen molar-refractivity contribution in [2.75, 3.05) is 53.6 Å². The zero-order chi connectivity index (χ0) is 23.2. The molecule has 7 nitrogen and oxygen atoms in total. The van der Waals surface area contributed by atoms with Crippen LogP contribution in [0.1, 0.15) is 25.0 Å².